The first kappa shape index (κ1) is 13.9. The summed E-state index contributed by atoms with van der Waals surface area (Å²) in [6.45, 7) is 7.41. The summed E-state index contributed by atoms with van der Waals surface area (Å²) < 4.78 is 1.08. The van der Waals surface area contributed by atoms with Crippen molar-refractivity contribution >= 4 is 21.6 Å². The maximum Gasteiger partial charge on any atom is 0.0762 e. The van der Waals surface area contributed by atoms with Gasteiger partial charge in [-0.1, -0.05) is 6.07 Å². The van der Waals surface area contributed by atoms with Crippen molar-refractivity contribution in [1.29, 1.82) is 0 Å². The maximum absolute atomic E-state index is 9.61. The highest BCUT2D eigenvalue weighted by molar-refractivity contribution is 9.10. The number of nitrogens with zero attached hydrogens (tertiary/aromatic N) is 1. The van der Waals surface area contributed by atoms with Crippen LogP contribution in [0.15, 0.2) is 22.7 Å². The molecule has 0 spiro atoms. The van der Waals surface area contributed by atoms with Crippen LogP contribution in [0, 0.1) is 5.92 Å². The van der Waals surface area contributed by atoms with Gasteiger partial charge in [-0.2, -0.15) is 0 Å². The molecule has 0 aromatic heterocycles. The van der Waals surface area contributed by atoms with Crippen LogP contribution >= 0.6 is 15.9 Å². The smallest absolute Gasteiger partial charge is 0.0762 e. The highest BCUT2D eigenvalue weighted by atomic mass is 79.9. The summed E-state index contributed by atoms with van der Waals surface area (Å²) in [5.74, 6) is 0.871. The first-order valence-electron chi connectivity index (χ1n) is 6.73. The molecule has 2 nitrogen and oxygen atoms in total. The van der Waals surface area contributed by atoms with E-state index in [4.69, 9.17) is 0 Å². The third-order valence-corrected chi connectivity index (χ3v) is 4.17. The van der Waals surface area contributed by atoms with Gasteiger partial charge in [-0.25, -0.2) is 0 Å². The van der Waals surface area contributed by atoms with Crippen LogP contribution in [0.4, 0.5) is 5.69 Å². The van der Waals surface area contributed by atoms with E-state index in [2.05, 4.69) is 40.7 Å². The molecule has 18 heavy (non-hydrogen) atoms. The van der Waals surface area contributed by atoms with Gasteiger partial charge in [0.05, 0.1) is 11.8 Å². The third-order valence-electron chi connectivity index (χ3n) is 3.54. The molecule has 1 aromatic rings. The summed E-state index contributed by atoms with van der Waals surface area (Å²) >= 11 is 3.64. The zero-order valence-electron chi connectivity index (χ0n) is 11.4. The minimum atomic E-state index is -0.411. The average Bonchev–Trinajstić information content (AvgIpc) is 3.09. The first-order chi connectivity index (χ1) is 8.49. The Bertz CT molecular complexity index is 413. The second-order valence-electron chi connectivity index (χ2n) is 5.58. The summed E-state index contributed by atoms with van der Waals surface area (Å²) in [4.78, 5) is 2.45. The molecule has 1 N–H and O–H groups in total. The summed E-state index contributed by atoms with van der Waals surface area (Å²) in [6, 6.07) is 6.67. The molecule has 1 saturated carbocycles. The second kappa shape index (κ2) is 5.62. The van der Waals surface area contributed by atoms with Gasteiger partial charge in [0.1, 0.15) is 0 Å². The van der Waals surface area contributed by atoms with E-state index in [1.54, 1.807) is 6.92 Å². The molecule has 0 radical (unpaired) electrons. The molecular weight excluding hydrogens is 290 g/mol. The normalized spacial score (nSPS) is 17.0. The van der Waals surface area contributed by atoms with Crippen molar-refractivity contribution in [2.45, 2.75) is 45.8 Å². The van der Waals surface area contributed by atoms with Crippen molar-refractivity contribution in [2.75, 3.05) is 11.4 Å². The summed E-state index contributed by atoms with van der Waals surface area (Å²) in [7, 11) is 0. The van der Waals surface area contributed by atoms with E-state index in [9.17, 15) is 5.11 Å². The van der Waals surface area contributed by atoms with E-state index in [1.165, 1.54) is 18.5 Å². The first-order valence-corrected chi connectivity index (χ1v) is 7.52. The largest absolute Gasteiger partial charge is 0.389 e. The molecule has 3 heteroatoms. The molecule has 0 saturated heterocycles. The highest BCUT2D eigenvalue weighted by Crippen LogP contribution is 2.36. The van der Waals surface area contributed by atoms with Crippen LogP contribution in [0.3, 0.4) is 0 Å². The quantitative estimate of drug-likeness (QED) is 0.884. The molecule has 0 heterocycles. The van der Waals surface area contributed by atoms with Crippen LogP contribution in [0.5, 0.6) is 0 Å². The number of benzene rings is 1. The Morgan fingerprint density at radius 2 is 2.00 bits per heavy atom. The molecule has 1 aliphatic carbocycles. The van der Waals surface area contributed by atoms with Crippen LogP contribution in [0.2, 0.25) is 0 Å². The van der Waals surface area contributed by atoms with Gasteiger partial charge in [-0.3, -0.25) is 0 Å². The lowest BCUT2D eigenvalue weighted by molar-refractivity contribution is 0.199. The van der Waals surface area contributed by atoms with Gasteiger partial charge in [-0.15, -0.1) is 0 Å². The number of halogens is 1. The van der Waals surface area contributed by atoms with Crippen molar-refractivity contribution < 1.29 is 5.11 Å². The zero-order valence-corrected chi connectivity index (χ0v) is 12.9. The van der Waals surface area contributed by atoms with Gasteiger partial charge in [0.15, 0.2) is 0 Å². The number of aliphatic hydroxyl groups is 1. The van der Waals surface area contributed by atoms with Crippen molar-refractivity contribution in [3.05, 3.63) is 28.2 Å². The van der Waals surface area contributed by atoms with Crippen LogP contribution in [0.1, 0.15) is 45.3 Å². The summed E-state index contributed by atoms with van der Waals surface area (Å²) in [5.41, 5.74) is 2.20. The molecule has 2 rings (SSSR count). The van der Waals surface area contributed by atoms with Crippen molar-refractivity contribution in [3.63, 3.8) is 0 Å². The van der Waals surface area contributed by atoms with Gasteiger partial charge >= 0.3 is 0 Å². The van der Waals surface area contributed by atoms with E-state index in [0.717, 1.165) is 22.5 Å². The molecule has 1 aliphatic rings. The average molecular weight is 312 g/mol. The molecule has 0 amide bonds. The van der Waals surface area contributed by atoms with E-state index in [1.807, 2.05) is 12.1 Å². The van der Waals surface area contributed by atoms with E-state index >= 15 is 0 Å². The minimum absolute atomic E-state index is 0.411. The van der Waals surface area contributed by atoms with Gasteiger partial charge in [0.25, 0.3) is 0 Å². The summed E-state index contributed by atoms with van der Waals surface area (Å²) in [5, 5.41) is 9.61. The van der Waals surface area contributed by atoms with Crippen molar-refractivity contribution in [2.24, 2.45) is 5.92 Å². The van der Waals surface area contributed by atoms with Crippen LogP contribution in [0.25, 0.3) is 0 Å². The van der Waals surface area contributed by atoms with Gasteiger partial charge < -0.3 is 10.0 Å². The van der Waals surface area contributed by atoms with Crippen molar-refractivity contribution in [3.8, 4) is 0 Å². The Morgan fingerprint density at radius 3 is 2.44 bits per heavy atom. The summed E-state index contributed by atoms with van der Waals surface area (Å²) in [6.07, 6.45) is 2.32. The van der Waals surface area contributed by atoms with Crippen LogP contribution < -0.4 is 4.90 Å². The molecule has 0 unspecified atom stereocenters. The molecule has 1 atom stereocenters. The van der Waals surface area contributed by atoms with Crippen LogP contribution in [-0.2, 0) is 0 Å². The molecule has 100 valence electrons. The van der Waals surface area contributed by atoms with Gasteiger partial charge in [-0.05, 0) is 73.2 Å². The lowest BCUT2D eigenvalue weighted by Gasteiger charge is -2.30. The molecule has 0 aliphatic heterocycles. The molecule has 1 fully saturated rings. The molecule has 0 bridgehead atoms. The number of hydrogen-bond acceptors (Lipinski definition) is 2. The SMILES string of the molecule is CC(C)N(CC1CC1)c1ccc([C@@H](C)O)cc1Br. The van der Waals surface area contributed by atoms with Crippen LogP contribution in [-0.4, -0.2) is 17.7 Å². The topological polar surface area (TPSA) is 23.5 Å². The van der Waals surface area contributed by atoms with E-state index in [-0.39, 0.29) is 0 Å². The number of hydrogen-bond donors (Lipinski definition) is 1. The van der Waals surface area contributed by atoms with Gasteiger partial charge in [0.2, 0.25) is 0 Å². The fraction of sp³-hybridized carbons (Fsp3) is 0.600. The fourth-order valence-electron chi connectivity index (χ4n) is 2.18. The number of aliphatic hydroxyl groups excluding tert-OH is 1. The maximum atomic E-state index is 9.61. The van der Waals surface area contributed by atoms with E-state index in [0.29, 0.717) is 6.04 Å². The van der Waals surface area contributed by atoms with Gasteiger partial charge in [0, 0.05) is 17.1 Å². The fourth-order valence-corrected chi connectivity index (χ4v) is 2.81. The Balaban J connectivity index is 2.23. The van der Waals surface area contributed by atoms with E-state index < -0.39 is 6.10 Å². The third kappa shape index (κ3) is 3.27. The Kier molecular flexibility index (Phi) is 4.33. The number of rotatable bonds is 5. The Labute approximate surface area is 118 Å². The zero-order chi connectivity index (χ0) is 13.3. The lowest BCUT2D eigenvalue weighted by Crippen LogP contribution is -2.33. The highest BCUT2D eigenvalue weighted by Gasteiger charge is 2.26. The standard InChI is InChI=1S/C15H22BrNO/c1-10(2)17(9-12-4-5-12)15-7-6-13(11(3)18)8-14(15)16/h6-8,10-12,18H,4-5,9H2,1-3H3/t11-/m1/s1. The molecular formula is C15H22BrNO. The van der Waals surface area contributed by atoms with Crippen molar-refractivity contribution in [1.82, 2.24) is 0 Å². The minimum Gasteiger partial charge on any atom is -0.389 e. The number of anilines is 1. The predicted molar refractivity (Wildman–Crippen MR) is 80.0 cm³/mol. The monoisotopic (exact) mass is 311 g/mol. The molecule has 1 aromatic carbocycles. The lowest BCUT2D eigenvalue weighted by atomic mass is 10.1. The predicted octanol–water partition coefficient (Wildman–Crippen LogP) is 4.13. The Hall–Kier alpha value is -0.540. The second-order valence-corrected chi connectivity index (χ2v) is 6.43. The Morgan fingerprint density at radius 1 is 1.33 bits per heavy atom.